The molecule has 2 heteroatoms. The Morgan fingerprint density at radius 2 is 1.95 bits per heavy atom. The first-order chi connectivity index (χ1) is 9.58. The molecule has 1 unspecified atom stereocenters. The maximum Gasteiger partial charge on any atom is 0.310 e. The largest absolute Gasteiger partial charge is 0.465 e. The van der Waals surface area contributed by atoms with Crippen LogP contribution in [0.4, 0.5) is 0 Å². The maximum atomic E-state index is 11.7. The maximum absolute atomic E-state index is 11.7. The van der Waals surface area contributed by atoms with E-state index < -0.39 is 0 Å². The Bertz CT molecular complexity index is 454. The van der Waals surface area contributed by atoms with Gasteiger partial charge in [-0.3, -0.25) is 4.79 Å². The summed E-state index contributed by atoms with van der Waals surface area (Å²) in [5.74, 6) is 0.0843. The molecule has 0 N–H and O–H groups in total. The molecule has 0 radical (unpaired) electrons. The number of carbonyl (C=O) groups excluding carboxylic acids is 1. The lowest BCUT2D eigenvalue weighted by atomic mass is 10.1. The summed E-state index contributed by atoms with van der Waals surface area (Å²) in [6.45, 7) is 6.66. The molecule has 0 aliphatic rings. The fourth-order valence-corrected chi connectivity index (χ4v) is 1.71. The van der Waals surface area contributed by atoms with Gasteiger partial charge >= 0.3 is 5.97 Å². The minimum atomic E-state index is -0.166. The van der Waals surface area contributed by atoms with E-state index in [0.29, 0.717) is 13.0 Å². The van der Waals surface area contributed by atoms with Crippen LogP contribution in [-0.2, 0) is 16.0 Å². The van der Waals surface area contributed by atoms with Crippen LogP contribution < -0.4 is 0 Å². The van der Waals surface area contributed by atoms with Gasteiger partial charge in [0, 0.05) is 5.92 Å². The van der Waals surface area contributed by atoms with E-state index in [-0.39, 0.29) is 11.9 Å². The molecule has 0 saturated carbocycles. The number of benzene rings is 1. The summed E-state index contributed by atoms with van der Waals surface area (Å²) in [4.78, 5) is 11.7. The Kier molecular flexibility index (Phi) is 7.41. The van der Waals surface area contributed by atoms with E-state index in [4.69, 9.17) is 4.74 Å². The van der Waals surface area contributed by atoms with E-state index in [1.54, 1.807) is 0 Å². The summed E-state index contributed by atoms with van der Waals surface area (Å²) in [7, 11) is 0. The molecule has 0 fully saturated rings. The van der Waals surface area contributed by atoms with Gasteiger partial charge in [0.05, 0.1) is 13.0 Å². The quantitative estimate of drug-likeness (QED) is 0.546. The lowest BCUT2D eigenvalue weighted by Gasteiger charge is -2.08. The zero-order chi connectivity index (χ0) is 14.8. The van der Waals surface area contributed by atoms with Gasteiger partial charge in [0.2, 0.25) is 0 Å². The third-order valence-corrected chi connectivity index (χ3v) is 2.83. The highest BCUT2D eigenvalue weighted by atomic mass is 16.5. The molecule has 0 aliphatic heterocycles. The highest BCUT2D eigenvalue weighted by Gasteiger charge is 2.06. The Labute approximate surface area is 122 Å². The Hall–Kier alpha value is -1.83. The highest BCUT2D eigenvalue weighted by molar-refractivity contribution is 5.72. The fourth-order valence-electron chi connectivity index (χ4n) is 1.71. The van der Waals surface area contributed by atoms with Crippen LogP contribution in [0.2, 0.25) is 0 Å². The van der Waals surface area contributed by atoms with Crippen LogP contribution in [0.1, 0.15) is 32.8 Å². The molecule has 0 spiro atoms. The molecule has 0 amide bonds. The van der Waals surface area contributed by atoms with Gasteiger partial charge in [-0.15, -0.1) is 0 Å². The number of esters is 1. The van der Waals surface area contributed by atoms with Gasteiger partial charge in [-0.25, -0.2) is 0 Å². The van der Waals surface area contributed by atoms with Crippen LogP contribution in [0.5, 0.6) is 0 Å². The second kappa shape index (κ2) is 9.13. The van der Waals surface area contributed by atoms with Crippen molar-refractivity contribution in [2.75, 3.05) is 6.61 Å². The zero-order valence-electron chi connectivity index (χ0n) is 12.6. The minimum absolute atomic E-state index is 0.166. The lowest BCUT2D eigenvalue weighted by Crippen LogP contribution is -2.12. The fraction of sp³-hybridized carbons (Fsp3) is 0.389. The number of ether oxygens (including phenoxy) is 1. The van der Waals surface area contributed by atoms with Gasteiger partial charge in [-0.05, 0) is 25.8 Å². The normalized spacial score (nSPS) is 12.2. The van der Waals surface area contributed by atoms with E-state index in [0.717, 1.165) is 12.0 Å². The van der Waals surface area contributed by atoms with Crippen molar-refractivity contribution in [3.05, 3.63) is 59.7 Å². The van der Waals surface area contributed by atoms with Gasteiger partial charge < -0.3 is 4.74 Å². The van der Waals surface area contributed by atoms with Crippen LogP contribution >= 0.6 is 0 Å². The van der Waals surface area contributed by atoms with Crippen LogP contribution in [0.15, 0.2) is 54.1 Å². The number of rotatable bonds is 7. The van der Waals surface area contributed by atoms with Crippen molar-refractivity contribution in [3.8, 4) is 0 Å². The first-order valence-electron chi connectivity index (χ1n) is 7.07. The summed E-state index contributed by atoms with van der Waals surface area (Å²) < 4.78 is 5.28. The monoisotopic (exact) mass is 272 g/mol. The Morgan fingerprint density at radius 3 is 2.60 bits per heavy atom. The molecule has 1 atom stereocenters. The number of hydrogen-bond acceptors (Lipinski definition) is 2. The molecular weight excluding hydrogens is 248 g/mol. The van der Waals surface area contributed by atoms with Gasteiger partial charge in [0.1, 0.15) is 0 Å². The predicted molar refractivity (Wildman–Crippen MR) is 83.5 cm³/mol. The molecule has 1 rings (SSSR count). The van der Waals surface area contributed by atoms with Crippen LogP contribution in [-0.4, -0.2) is 12.6 Å². The van der Waals surface area contributed by atoms with Crippen molar-refractivity contribution in [2.24, 2.45) is 5.92 Å². The molecular formula is C18H24O2. The molecule has 0 aromatic heterocycles. The molecule has 0 bridgehead atoms. The third kappa shape index (κ3) is 7.57. The first kappa shape index (κ1) is 16.2. The van der Waals surface area contributed by atoms with E-state index in [1.165, 1.54) is 5.57 Å². The Morgan fingerprint density at radius 1 is 1.25 bits per heavy atom. The van der Waals surface area contributed by atoms with E-state index >= 15 is 0 Å². The van der Waals surface area contributed by atoms with Crippen LogP contribution in [0.3, 0.4) is 0 Å². The summed E-state index contributed by atoms with van der Waals surface area (Å²) in [5, 5.41) is 0. The van der Waals surface area contributed by atoms with E-state index in [9.17, 15) is 4.79 Å². The first-order valence-corrected chi connectivity index (χ1v) is 7.07. The molecule has 20 heavy (non-hydrogen) atoms. The van der Waals surface area contributed by atoms with Crippen molar-refractivity contribution in [2.45, 2.75) is 33.6 Å². The number of hydrogen-bond donors (Lipinski definition) is 0. The molecule has 1 aromatic rings. The summed E-state index contributed by atoms with van der Waals surface area (Å²) in [6.07, 6.45) is 7.66. The Balaban J connectivity index is 2.25. The summed E-state index contributed by atoms with van der Waals surface area (Å²) >= 11 is 0. The van der Waals surface area contributed by atoms with Crippen molar-refractivity contribution in [1.29, 1.82) is 0 Å². The third-order valence-electron chi connectivity index (χ3n) is 2.83. The standard InChI is InChI=1S/C18H24O2/c1-15(2)9-7-8-10-16(3)14-20-18(19)13-17-11-5-4-6-12-17/h4-6,8-12,16H,7,13-14H2,1-3H3/b10-8+. The molecule has 108 valence electrons. The second-order valence-electron chi connectivity index (χ2n) is 5.27. The molecule has 0 aliphatic carbocycles. The molecule has 2 nitrogen and oxygen atoms in total. The van der Waals surface area contributed by atoms with Gasteiger partial charge in [-0.1, -0.05) is 61.1 Å². The topological polar surface area (TPSA) is 26.3 Å². The van der Waals surface area contributed by atoms with Gasteiger partial charge in [-0.2, -0.15) is 0 Å². The molecule has 0 heterocycles. The average Bonchev–Trinajstić information content (AvgIpc) is 2.42. The van der Waals surface area contributed by atoms with Crippen molar-refractivity contribution in [1.82, 2.24) is 0 Å². The van der Waals surface area contributed by atoms with Crippen LogP contribution in [0.25, 0.3) is 0 Å². The molecule has 1 aromatic carbocycles. The summed E-state index contributed by atoms with van der Waals surface area (Å²) in [6, 6.07) is 9.66. The predicted octanol–water partition coefficient (Wildman–Crippen LogP) is 4.32. The van der Waals surface area contributed by atoms with Crippen LogP contribution in [0, 0.1) is 5.92 Å². The van der Waals surface area contributed by atoms with Crippen molar-refractivity contribution < 1.29 is 9.53 Å². The van der Waals surface area contributed by atoms with Gasteiger partial charge in [0.25, 0.3) is 0 Å². The summed E-state index contributed by atoms with van der Waals surface area (Å²) in [5.41, 5.74) is 2.31. The average molecular weight is 272 g/mol. The SMILES string of the molecule is CC(C)=CC/C=C/C(C)COC(=O)Cc1ccccc1. The van der Waals surface area contributed by atoms with Crippen molar-refractivity contribution in [3.63, 3.8) is 0 Å². The van der Waals surface area contributed by atoms with Gasteiger partial charge in [0.15, 0.2) is 0 Å². The zero-order valence-corrected chi connectivity index (χ0v) is 12.6. The molecule has 0 saturated heterocycles. The van der Waals surface area contributed by atoms with E-state index in [2.05, 4.69) is 39.0 Å². The number of carbonyl (C=O) groups is 1. The highest BCUT2D eigenvalue weighted by Crippen LogP contribution is 2.04. The number of allylic oxidation sites excluding steroid dienone is 3. The lowest BCUT2D eigenvalue weighted by molar-refractivity contribution is -0.143. The van der Waals surface area contributed by atoms with E-state index in [1.807, 2.05) is 30.3 Å². The van der Waals surface area contributed by atoms with Crippen molar-refractivity contribution >= 4 is 5.97 Å². The smallest absolute Gasteiger partial charge is 0.310 e. The minimum Gasteiger partial charge on any atom is -0.465 e. The second-order valence-corrected chi connectivity index (χ2v) is 5.27.